The number of hydrogen-bond acceptors (Lipinski definition) is 3. The number of nitrogens with two attached hydrogens (primary N) is 1. The van der Waals surface area contributed by atoms with Crippen molar-refractivity contribution in [3.05, 3.63) is 42.0 Å². The fraction of sp³-hybridized carbons (Fsp3) is 0. The van der Waals surface area contributed by atoms with Crippen LogP contribution in [0.3, 0.4) is 0 Å². The van der Waals surface area contributed by atoms with Gasteiger partial charge in [0.15, 0.2) is 0 Å². The molecular weight excluding hydrogens is 256 g/mol. The van der Waals surface area contributed by atoms with Crippen LogP contribution in [-0.2, 0) is 10.2 Å². The van der Waals surface area contributed by atoms with Crippen LogP contribution in [-0.4, -0.2) is 19.5 Å². The molecule has 0 amide bonds. The summed E-state index contributed by atoms with van der Waals surface area (Å²) in [6.07, 6.45) is 0. The van der Waals surface area contributed by atoms with Crippen molar-refractivity contribution in [1.29, 1.82) is 0 Å². The van der Waals surface area contributed by atoms with E-state index in [4.69, 9.17) is 10.2 Å². The lowest BCUT2D eigenvalue weighted by molar-refractivity contribution is 0.0698. The van der Waals surface area contributed by atoms with Gasteiger partial charge in [0.1, 0.15) is 0 Å². The van der Waals surface area contributed by atoms with Crippen molar-refractivity contribution in [2.75, 3.05) is 4.72 Å². The molecule has 6 nitrogen and oxygen atoms in total. The molecule has 94 valence electrons. The van der Waals surface area contributed by atoms with Gasteiger partial charge >= 0.3 is 5.97 Å². The molecule has 2 aromatic rings. The standard InChI is InChI=1S/C11H10N2O4S/c12-18(16,17)13-10-6-8-4-2-1-3-7(8)5-9(10)11(14)15/h1-6,13H,(H,14,15)(H2,12,16,17). The summed E-state index contributed by atoms with van der Waals surface area (Å²) in [6, 6.07) is 9.84. The summed E-state index contributed by atoms with van der Waals surface area (Å²) in [5.74, 6) is -1.23. The van der Waals surface area contributed by atoms with Crippen molar-refractivity contribution in [2.45, 2.75) is 0 Å². The Hall–Kier alpha value is -2.12. The predicted octanol–water partition coefficient (Wildman–Crippen LogP) is 1.15. The first-order chi connectivity index (χ1) is 8.37. The average Bonchev–Trinajstić information content (AvgIpc) is 2.25. The minimum atomic E-state index is -4.02. The number of carboxylic acids is 1. The van der Waals surface area contributed by atoms with Gasteiger partial charge in [0.05, 0.1) is 11.3 Å². The van der Waals surface area contributed by atoms with Gasteiger partial charge in [-0.25, -0.2) is 9.93 Å². The maximum absolute atomic E-state index is 11.1. The minimum absolute atomic E-state index is 0.0521. The number of carboxylic acid groups (broad SMARTS) is 1. The van der Waals surface area contributed by atoms with E-state index in [0.29, 0.717) is 10.8 Å². The predicted molar refractivity (Wildman–Crippen MR) is 67.6 cm³/mol. The van der Waals surface area contributed by atoms with E-state index in [9.17, 15) is 13.2 Å². The molecule has 0 aliphatic carbocycles. The number of benzene rings is 2. The number of carbonyl (C=O) groups is 1. The monoisotopic (exact) mass is 266 g/mol. The van der Waals surface area contributed by atoms with E-state index in [2.05, 4.69) is 0 Å². The number of aromatic carboxylic acids is 1. The van der Waals surface area contributed by atoms with Crippen molar-refractivity contribution in [3.8, 4) is 0 Å². The number of rotatable bonds is 3. The van der Waals surface area contributed by atoms with Crippen molar-refractivity contribution < 1.29 is 18.3 Å². The Morgan fingerprint density at radius 2 is 1.72 bits per heavy atom. The molecule has 0 unspecified atom stereocenters. The van der Waals surface area contributed by atoms with Crippen molar-refractivity contribution in [1.82, 2.24) is 0 Å². The highest BCUT2D eigenvalue weighted by Crippen LogP contribution is 2.24. The van der Waals surface area contributed by atoms with Crippen LogP contribution in [0.15, 0.2) is 36.4 Å². The van der Waals surface area contributed by atoms with Crippen LogP contribution in [0.5, 0.6) is 0 Å². The highest BCUT2D eigenvalue weighted by Gasteiger charge is 2.14. The van der Waals surface area contributed by atoms with Crippen LogP contribution in [0.25, 0.3) is 10.8 Å². The topological polar surface area (TPSA) is 109 Å². The summed E-state index contributed by atoms with van der Waals surface area (Å²) in [6.45, 7) is 0. The Bertz CT molecular complexity index is 725. The van der Waals surface area contributed by atoms with Gasteiger partial charge in [-0.2, -0.15) is 8.42 Å². The molecule has 0 spiro atoms. The van der Waals surface area contributed by atoms with Crippen LogP contribution in [0.4, 0.5) is 5.69 Å². The average molecular weight is 266 g/mol. The Morgan fingerprint density at radius 1 is 1.17 bits per heavy atom. The summed E-state index contributed by atoms with van der Waals surface area (Å²) in [4.78, 5) is 11.1. The lowest BCUT2D eigenvalue weighted by Gasteiger charge is -2.09. The quantitative estimate of drug-likeness (QED) is 0.774. The molecule has 18 heavy (non-hydrogen) atoms. The molecule has 0 aliphatic heterocycles. The lowest BCUT2D eigenvalue weighted by atomic mass is 10.1. The molecule has 0 aromatic heterocycles. The number of anilines is 1. The molecule has 2 aromatic carbocycles. The van der Waals surface area contributed by atoms with E-state index in [0.717, 1.165) is 0 Å². The normalized spacial score (nSPS) is 11.4. The van der Waals surface area contributed by atoms with E-state index in [1.807, 2.05) is 4.72 Å². The Balaban J connectivity index is 2.69. The number of hydrogen-bond donors (Lipinski definition) is 3. The third kappa shape index (κ3) is 2.58. The highest BCUT2D eigenvalue weighted by molar-refractivity contribution is 7.90. The van der Waals surface area contributed by atoms with Gasteiger partial charge in [0, 0.05) is 0 Å². The van der Waals surface area contributed by atoms with E-state index in [1.54, 1.807) is 24.3 Å². The van der Waals surface area contributed by atoms with Crippen LogP contribution < -0.4 is 9.86 Å². The van der Waals surface area contributed by atoms with Gasteiger partial charge in [-0.05, 0) is 22.9 Å². The van der Waals surface area contributed by atoms with Gasteiger partial charge < -0.3 is 5.11 Å². The van der Waals surface area contributed by atoms with Gasteiger partial charge in [-0.3, -0.25) is 4.72 Å². The van der Waals surface area contributed by atoms with Crippen molar-refractivity contribution in [3.63, 3.8) is 0 Å². The Labute approximate surface area is 103 Å². The summed E-state index contributed by atoms with van der Waals surface area (Å²) in [7, 11) is -4.02. The highest BCUT2D eigenvalue weighted by atomic mass is 32.2. The number of nitrogens with one attached hydrogen (secondary N) is 1. The number of fused-ring (bicyclic) bond motifs is 1. The lowest BCUT2D eigenvalue weighted by Crippen LogP contribution is -2.23. The first-order valence-corrected chi connectivity index (χ1v) is 6.48. The molecule has 0 fully saturated rings. The zero-order valence-electron chi connectivity index (χ0n) is 9.12. The van der Waals surface area contributed by atoms with Crippen molar-refractivity contribution >= 4 is 32.6 Å². The molecule has 0 aliphatic rings. The largest absolute Gasteiger partial charge is 0.478 e. The van der Waals surface area contributed by atoms with Gasteiger partial charge in [-0.1, -0.05) is 24.3 Å². The molecule has 0 atom stereocenters. The van der Waals surface area contributed by atoms with E-state index >= 15 is 0 Å². The third-order valence-corrected chi connectivity index (χ3v) is 2.87. The maximum Gasteiger partial charge on any atom is 0.337 e. The third-order valence-electron chi connectivity index (χ3n) is 2.37. The van der Waals surface area contributed by atoms with Crippen LogP contribution in [0.2, 0.25) is 0 Å². The van der Waals surface area contributed by atoms with Crippen LogP contribution in [0, 0.1) is 0 Å². The summed E-state index contributed by atoms with van der Waals surface area (Å²) in [5.41, 5.74) is -0.202. The Morgan fingerprint density at radius 3 is 2.22 bits per heavy atom. The second kappa shape index (κ2) is 4.28. The van der Waals surface area contributed by atoms with E-state index in [-0.39, 0.29) is 11.3 Å². The van der Waals surface area contributed by atoms with Gasteiger partial charge in [0.25, 0.3) is 10.2 Å². The molecule has 0 saturated carbocycles. The van der Waals surface area contributed by atoms with Gasteiger partial charge in [0.2, 0.25) is 0 Å². The smallest absolute Gasteiger partial charge is 0.337 e. The van der Waals surface area contributed by atoms with Gasteiger partial charge in [-0.15, -0.1) is 0 Å². The van der Waals surface area contributed by atoms with Crippen LogP contribution >= 0.6 is 0 Å². The minimum Gasteiger partial charge on any atom is -0.478 e. The van der Waals surface area contributed by atoms with Crippen molar-refractivity contribution in [2.24, 2.45) is 5.14 Å². The first kappa shape index (κ1) is 12.3. The fourth-order valence-corrected chi connectivity index (χ4v) is 2.13. The molecule has 0 bridgehead atoms. The molecule has 0 radical (unpaired) electrons. The zero-order chi connectivity index (χ0) is 13.3. The molecule has 4 N–H and O–H groups in total. The van der Waals surface area contributed by atoms with Crippen LogP contribution in [0.1, 0.15) is 10.4 Å². The Kier molecular flexibility index (Phi) is 2.93. The second-order valence-corrected chi connectivity index (χ2v) is 4.99. The molecular formula is C11H10N2O4S. The molecule has 2 rings (SSSR count). The molecule has 0 saturated heterocycles. The summed E-state index contributed by atoms with van der Waals surface area (Å²) >= 11 is 0. The molecule has 0 heterocycles. The fourth-order valence-electron chi connectivity index (χ4n) is 1.65. The van der Waals surface area contributed by atoms with E-state index < -0.39 is 16.2 Å². The molecule has 7 heteroatoms. The maximum atomic E-state index is 11.1. The first-order valence-electron chi connectivity index (χ1n) is 4.93. The second-order valence-electron chi connectivity index (χ2n) is 3.70. The summed E-state index contributed by atoms with van der Waals surface area (Å²) < 4.78 is 24.0. The zero-order valence-corrected chi connectivity index (χ0v) is 9.94. The summed E-state index contributed by atoms with van der Waals surface area (Å²) in [5, 5.41) is 15.3. The SMILES string of the molecule is NS(=O)(=O)Nc1cc2ccccc2cc1C(=O)O. The van der Waals surface area contributed by atoms with E-state index in [1.165, 1.54) is 12.1 Å².